The third-order valence-electron chi connectivity index (χ3n) is 4.77. The number of carbonyl (C=O) groups excluding carboxylic acids is 1. The summed E-state index contributed by atoms with van der Waals surface area (Å²) in [4.78, 5) is 16.2. The van der Waals surface area contributed by atoms with Gasteiger partial charge in [0.05, 0.1) is 0 Å². The second-order valence-corrected chi connectivity index (χ2v) is 5.96. The van der Waals surface area contributed by atoms with Crippen molar-refractivity contribution in [2.45, 2.75) is 43.9 Å². The Hall–Kier alpha value is -1.39. The van der Waals surface area contributed by atoms with Gasteiger partial charge in [0.1, 0.15) is 6.61 Å². The molecule has 1 N–H and O–H groups in total. The van der Waals surface area contributed by atoms with Crippen LogP contribution >= 0.6 is 0 Å². The van der Waals surface area contributed by atoms with Gasteiger partial charge in [-0.15, -0.1) is 0 Å². The van der Waals surface area contributed by atoms with E-state index in [-0.39, 0.29) is 18.6 Å². The molecule has 0 spiro atoms. The first-order chi connectivity index (χ1) is 9.70. The molecule has 0 aliphatic carbocycles. The van der Waals surface area contributed by atoms with Crippen molar-refractivity contribution < 1.29 is 9.90 Å². The number of nitrogens with zero attached hydrogens (tertiary/aromatic N) is 2. The van der Waals surface area contributed by atoms with Gasteiger partial charge in [-0.05, 0) is 31.9 Å². The van der Waals surface area contributed by atoms with Crippen molar-refractivity contribution >= 4 is 5.91 Å². The zero-order valence-corrected chi connectivity index (χ0v) is 11.9. The molecule has 2 bridgehead atoms. The second kappa shape index (κ2) is 5.54. The third kappa shape index (κ3) is 2.34. The zero-order chi connectivity index (χ0) is 14.1. The van der Waals surface area contributed by atoms with Gasteiger partial charge in [0.15, 0.2) is 0 Å². The first-order valence-corrected chi connectivity index (χ1v) is 7.37. The number of benzene rings is 1. The number of carbonyl (C=O) groups is 1. The predicted molar refractivity (Wildman–Crippen MR) is 77.1 cm³/mol. The Morgan fingerprint density at radius 1 is 1.35 bits per heavy atom. The lowest BCUT2D eigenvalue weighted by atomic mass is 9.94. The van der Waals surface area contributed by atoms with Crippen LogP contribution in [0.1, 0.15) is 24.8 Å². The predicted octanol–water partition coefficient (Wildman–Crippen LogP) is 1.24. The van der Waals surface area contributed by atoms with E-state index in [4.69, 9.17) is 5.11 Å². The number of hydrogen-bond acceptors (Lipinski definition) is 3. The summed E-state index contributed by atoms with van der Waals surface area (Å²) < 4.78 is 0. The maximum absolute atomic E-state index is 11.9. The fourth-order valence-corrected chi connectivity index (χ4v) is 3.89. The van der Waals surface area contributed by atoms with Crippen LogP contribution in [0.4, 0.5) is 0 Å². The number of aliphatic hydroxyl groups excluding tert-OH is 1. The van der Waals surface area contributed by atoms with Crippen LogP contribution in [0, 0.1) is 0 Å². The molecule has 2 aliphatic heterocycles. The minimum atomic E-state index is -0.359. The summed E-state index contributed by atoms with van der Waals surface area (Å²) in [5.74, 6) is -0.104. The van der Waals surface area contributed by atoms with E-state index in [1.165, 1.54) is 5.56 Å². The summed E-state index contributed by atoms with van der Waals surface area (Å²) in [7, 11) is 2.14. The standard InChI is InChI=1S/C16H22N2O2/c1-17(10-12-5-3-2-4-6-12)15-9-13-7-8-14(15)18(13)16(20)11-19/h2-6,13-15,19H,7-11H2,1H3/t13?,14?,15-/m1/s1. The van der Waals surface area contributed by atoms with Crippen LogP contribution in [0.25, 0.3) is 0 Å². The number of likely N-dealkylation sites (N-methyl/N-ethyl adjacent to an activating group) is 1. The van der Waals surface area contributed by atoms with E-state index in [1.54, 1.807) is 0 Å². The van der Waals surface area contributed by atoms with E-state index in [1.807, 2.05) is 11.0 Å². The second-order valence-electron chi connectivity index (χ2n) is 5.96. The van der Waals surface area contributed by atoms with Gasteiger partial charge in [0.2, 0.25) is 5.91 Å². The highest BCUT2D eigenvalue weighted by Gasteiger charge is 2.49. The molecular weight excluding hydrogens is 252 g/mol. The van der Waals surface area contributed by atoms with E-state index in [9.17, 15) is 4.79 Å². The Morgan fingerprint density at radius 3 is 2.80 bits per heavy atom. The van der Waals surface area contributed by atoms with E-state index < -0.39 is 0 Å². The number of fused-ring (bicyclic) bond motifs is 2. The van der Waals surface area contributed by atoms with Crippen LogP contribution in [0.5, 0.6) is 0 Å². The molecular formula is C16H22N2O2. The SMILES string of the molecule is CN(Cc1ccccc1)[C@@H]1CC2CCC1N2C(=O)CO. The van der Waals surface area contributed by atoms with Crippen LogP contribution in [-0.2, 0) is 11.3 Å². The maximum Gasteiger partial charge on any atom is 0.248 e. The van der Waals surface area contributed by atoms with Gasteiger partial charge in [-0.1, -0.05) is 30.3 Å². The molecule has 0 radical (unpaired) electrons. The lowest BCUT2D eigenvalue weighted by molar-refractivity contribution is -0.135. The molecule has 1 aromatic rings. The minimum Gasteiger partial charge on any atom is -0.387 e. The molecule has 2 unspecified atom stereocenters. The van der Waals surface area contributed by atoms with Crippen LogP contribution in [-0.4, -0.2) is 52.6 Å². The summed E-state index contributed by atoms with van der Waals surface area (Å²) in [5, 5.41) is 9.11. The minimum absolute atomic E-state index is 0.104. The van der Waals surface area contributed by atoms with E-state index in [0.717, 1.165) is 25.8 Å². The topological polar surface area (TPSA) is 43.8 Å². The lowest BCUT2D eigenvalue weighted by Crippen LogP contribution is -2.44. The average molecular weight is 274 g/mol. The lowest BCUT2D eigenvalue weighted by Gasteiger charge is -2.31. The van der Waals surface area contributed by atoms with Gasteiger partial charge < -0.3 is 10.0 Å². The first-order valence-electron chi connectivity index (χ1n) is 7.37. The maximum atomic E-state index is 11.9. The highest BCUT2D eigenvalue weighted by molar-refractivity contribution is 5.78. The van der Waals surface area contributed by atoms with Crippen molar-refractivity contribution in [3.05, 3.63) is 35.9 Å². The summed E-state index contributed by atoms with van der Waals surface area (Å²) in [6, 6.07) is 11.5. The molecule has 0 aromatic heterocycles. The number of hydrogen-bond donors (Lipinski definition) is 1. The zero-order valence-electron chi connectivity index (χ0n) is 11.9. The van der Waals surface area contributed by atoms with Crippen LogP contribution in [0.2, 0.25) is 0 Å². The quantitative estimate of drug-likeness (QED) is 0.898. The van der Waals surface area contributed by atoms with Gasteiger partial charge in [0, 0.05) is 24.7 Å². The Kier molecular flexibility index (Phi) is 3.76. The molecule has 2 fully saturated rings. The molecule has 1 amide bonds. The molecule has 20 heavy (non-hydrogen) atoms. The van der Waals surface area contributed by atoms with Gasteiger partial charge in [-0.25, -0.2) is 0 Å². The van der Waals surface area contributed by atoms with Crippen molar-refractivity contribution in [2.75, 3.05) is 13.7 Å². The molecule has 1 aromatic carbocycles. The molecule has 2 heterocycles. The van der Waals surface area contributed by atoms with Crippen molar-refractivity contribution in [2.24, 2.45) is 0 Å². The molecule has 2 saturated heterocycles. The van der Waals surface area contributed by atoms with Crippen LogP contribution in [0.3, 0.4) is 0 Å². The van der Waals surface area contributed by atoms with Crippen molar-refractivity contribution in [1.29, 1.82) is 0 Å². The molecule has 4 heteroatoms. The fourth-order valence-electron chi connectivity index (χ4n) is 3.89. The smallest absolute Gasteiger partial charge is 0.248 e. The summed E-state index contributed by atoms with van der Waals surface area (Å²) in [5.41, 5.74) is 1.30. The average Bonchev–Trinajstić information content (AvgIpc) is 3.05. The highest BCUT2D eigenvalue weighted by Crippen LogP contribution is 2.40. The molecule has 108 valence electrons. The molecule has 0 saturated carbocycles. The van der Waals surface area contributed by atoms with Crippen LogP contribution in [0.15, 0.2) is 30.3 Å². The molecule has 4 nitrogen and oxygen atoms in total. The Bertz CT molecular complexity index is 477. The van der Waals surface area contributed by atoms with Crippen molar-refractivity contribution in [1.82, 2.24) is 9.80 Å². The first kappa shape index (κ1) is 13.6. The van der Waals surface area contributed by atoms with Gasteiger partial charge in [-0.3, -0.25) is 9.69 Å². The largest absolute Gasteiger partial charge is 0.387 e. The molecule has 3 atom stereocenters. The van der Waals surface area contributed by atoms with Gasteiger partial charge in [-0.2, -0.15) is 0 Å². The van der Waals surface area contributed by atoms with Crippen molar-refractivity contribution in [3.63, 3.8) is 0 Å². The van der Waals surface area contributed by atoms with E-state index in [0.29, 0.717) is 12.1 Å². The van der Waals surface area contributed by atoms with Crippen LogP contribution < -0.4 is 0 Å². The summed E-state index contributed by atoms with van der Waals surface area (Å²) >= 11 is 0. The number of aliphatic hydroxyl groups is 1. The molecule has 2 aliphatic rings. The Morgan fingerprint density at radius 2 is 2.10 bits per heavy atom. The normalized spacial score (nSPS) is 28.4. The number of rotatable bonds is 4. The fraction of sp³-hybridized carbons (Fsp3) is 0.562. The van der Waals surface area contributed by atoms with Gasteiger partial charge >= 0.3 is 0 Å². The van der Waals surface area contributed by atoms with Crippen molar-refractivity contribution in [3.8, 4) is 0 Å². The molecule has 3 rings (SSSR count). The third-order valence-corrected chi connectivity index (χ3v) is 4.77. The number of amides is 1. The summed E-state index contributed by atoms with van der Waals surface area (Å²) in [6.07, 6.45) is 3.20. The van der Waals surface area contributed by atoms with Gasteiger partial charge in [0.25, 0.3) is 0 Å². The monoisotopic (exact) mass is 274 g/mol. The van der Waals surface area contributed by atoms with E-state index in [2.05, 4.69) is 36.2 Å². The van der Waals surface area contributed by atoms with E-state index >= 15 is 0 Å². The highest BCUT2D eigenvalue weighted by atomic mass is 16.3. The summed E-state index contributed by atoms with van der Waals surface area (Å²) in [6.45, 7) is 0.554. The Balaban J connectivity index is 1.68. The Labute approximate surface area is 120 Å².